The van der Waals surface area contributed by atoms with Gasteiger partial charge in [-0.3, -0.25) is 0 Å². The Bertz CT molecular complexity index is 674. The maximum Gasteiger partial charge on any atom is 0.315 e. The monoisotopic (exact) mass is 336 g/mol. The molecule has 0 fully saturated rings. The summed E-state index contributed by atoms with van der Waals surface area (Å²) in [6.07, 6.45) is 0.768. The van der Waals surface area contributed by atoms with E-state index in [0.717, 1.165) is 26.9 Å². The topological polar surface area (TPSA) is 50.4 Å². The van der Waals surface area contributed by atoms with Gasteiger partial charge in [-0.2, -0.15) is 0 Å². The highest BCUT2D eigenvalue weighted by Gasteiger charge is 2.23. The molecule has 6 heteroatoms. The van der Waals surface area contributed by atoms with Gasteiger partial charge in [-0.25, -0.2) is 4.79 Å². The molecule has 3 rings (SSSR count). The Labute approximate surface area is 138 Å². The van der Waals surface area contributed by atoms with Crippen molar-refractivity contribution in [2.45, 2.75) is 25.4 Å². The van der Waals surface area contributed by atoms with Crippen molar-refractivity contribution in [3.8, 4) is 5.75 Å². The highest BCUT2D eigenvalue weighted by Crippen LogP contribution is 2.31. The van der Waals surface area contributed by atoms with E-state index in [4.69, 9.17) is 16.3 Å². The number of hydrogen-bond acceptors (Lipinski definition) is 3. The normalized spacial score (nSPS) is 18.0. The molecular formula is C16H17ClN2O2S. The van der Waals surface area contributed by atoms with Gasteiger partial charge in [0.25, 0.3) is 0 Å². The molecule has 1 aliphatic heterocycles. The number of para-hydroxylation sites is 1. The average molecular weight is 337 g/mol. The lowest BCUT2D eigenvalue weighted by Crippen LogP contribution is -2.40. The quantitative estimate of drug-likeness (QED) is 0.878. The van der Waals surface area contributed by atoms with Gasteiger partial charge in [0.15, 0.2) is 0 Å². The van der Waals surface area contributed by atoms with Crippen molar-refractivity contribution in [3.05, 3.63) is 51.2 Å². The predicted octanol–water partition coefficient (Wildman–Crippen LogP) is 4.29. The second-order valence-electron chi connectivity index (χ2n) is 5.21. The summed E-state index contributed by atoms with van der Waals surface area (Å²) in [6.45, 7) is 2.55. The molecule has 0 bridgehead atoms. The third-order valence-corrected chi connectivity index (χ3v) is 5.05. The van der Waals surface area contributed by atoms with Crippen LogP contribution in [0, 0.1) is 0 Å². The number of halogens is 1. The summed E-state index contributed by atoms with van der Waals surface area (Å²) in [4.78, 5) is 13.3. The van der Waals surface area contributed by atoms with Gasteiger partial charge < -0.3 is 15.4 Å². The van der Waals surface area contributed by atoms with Gasteiger partial charge in [-0.15, -0.1) is 11.3 Å². The maximum absolute atomic E-state index is 12.2. The van der Waals surface area contributed by atoms with E-state index < -0.39 is 0 Å². The standard InChI is InChI=1S/C16H17ClN2O2S/c1-10(14-6-7-15(17)22-14)18-16(20)19-12-8-9-21-13-5-3-2-4-11(12)13/h2-7,10,12H,8-9H2,1H3,(H2,18,19,20)/t10-,12-/m0/s1. The van der Waals surface area contributed by atoms with Crippen LogP contribution in [0.3, 0.4) is 0 Å². The van der Waals surface area contributed by atoms with Crippen LogP contribution in [0.1, 0.15) is 35.9 Å². The maximum atomic E-state index is 12.2. The Hall–Kier alpha value is -1.72. The van der Waals surface area contributed by atoms with Crippen molar-refractivity contribution in [3.63, 3.8) is 0 Å². The number of hydrogen-bond donors (Lipinski definition) is 2. The molecule has 2 amide bonds. The molecule has 1 aromatic heterocycles. The Morgan fingerprint density at radius 3 is 2.95 bits per heavy atom. The summed E-state index contributed by atoms with van der Waals surface area (Å²) in [5, 5.41) is 5.97. The van der Waals surface area contributed by atoms with E-state index in [0.29, 0.717) is 6.61 Å². The lowest BCUT2D eigenvalue weighted by molar-refractivity contribution is 0.221. The Morgan fingerprint density at radius 1 is 1.36 bits per heavy atom. The number of fused-ring (bicyclic) bond motifs is 1. The van der Waals surface area contributed by atoms with Crippen LogP contribution in [0.15, 0.2) is 36.4 Å². The zero-order valence-electron chi connectivity index (χ0n) is 12.1. The second kappa shape index (κ2) is 6.58. The zero-order chi connectivity index (χ0) is 15.5. The van der Waals surface area contributed by atoms with E-state index in [2.05, 4.69) is 10.6 Å². The van der Waals surface area contributed by atoms with Crippen LogP contribution < -0.4 is 15.4 Å². The third kappa shape index (κ3) is 3.36. The number of amides is 2. The van der Waals surface area contributed by atoms with Gasteiger partial charge >= 0.3 is 6.03 Å². The molecule has 0 aliphatic carbocycles. The van der Waals surface area contributed by atoms with Crippen molar-refractivity contribution in [2.24, 2.45) is 0 Å². The summed E-state index contributed by atoms with van der Waals surface area (Å²) in [7, 11) is 0. The summed E-state index contributed by atoms with van der Waals surface area (Å²) >= 11 is 7.40. The smallest absolute Gasteiger partial charge is 0.315 e. The summed E-state index contributed by atoms with van der Waals surface area (Å²) in [5.74, 6) is 0.845. The lowest BCUT2D eigenvalue weighted by atomic mass is 10.0. The molecular weight excluding hydrogens is 320 g/mol. The fraction of sp³-hybridized carbons (Fsp3) is 0.312. The molecule has 0 spiro atoms. The molecule has 0 radical (unpaired) electrons. The van der Waals surface area contributed by atoms with E-state index in [1.54, 1.807) is 0 Å². The van der Waals surface area contributed by atoms with Crippen LogP contribution >= 0.6 is 22.9 Å². The first kappa shape index (κ1) is 15.2. The fourth-order valence-electron chi connectivity index (χ4n) is 2.52. The predicted molar refractivity (Wildman–Crippen MR) is 88.7 cm³/mol. The molecule has 1 aliphatic rings. The Balaban J connectivity index is 1.63. The minimum atomic E-state index is -0.182. The first-order valence-electron chi connectivity index (χ1n) is 7.17. The number of carbonyl (C=O) groups is 1. The van der Waals surface area contributed by atoms with Crippen LogP contribution in [-0.2, 0) is 0 Å². The van der Waals surface area contributed by atoms with Crippen molar-refractivity contribution < 1.29 is 9.53 Å². The number of carbonyl (C=O) groups excluding carboxylic acids is 1. The SMILES string of the molecule is C[C@H](NC(=O)N[C@H]1CCOc2ccccc21)c1ccc(Cl)s1. The minimum Gasteiger partial charge on any atom is -0.493 e. The molecule has 0 unspecified atom stereocenters. The number of ether oxygens (including phenoxy) is 1. The van der Waals surface area contributed by atoms with Crippen LogP contribution in [0.5, 0.6) is 5.75 Å². The van der Waals surface area contributed by atoms with E-state index in [1.165, 1.54) is 11.3 Å². The molecule has 116 valence electrons. The van der Waals surface area contributed by atoms with Crippen molar-refractivity contribution >= 4 is 29.0 Å². The van der Waals surface area contributed by atoms with Crippen molar-refractivity contribution in [1.82, 2.24) is 10.6 Å². The molecule has 1 aromatic carbocycles. The second-order valence-corrected chi connectivity index (χ2v) is 6.96. The highest BCUT2D eigenvalue weighted by atomic mass is 35.5. The van der Waals surface area contributed by atoms with Crippen LogP contribution in [0.25, 0.3) is 0 Å². The Kier molecular flexibility index (Phi) is 4.55. The van der Waals surface area contributed by atoms with Crippen LogP contribution in [0.2, 0.25) is 4.34 Å². The van der Waals surface area contributed by atoms with E-state index in [-0.39, 0.29) is 18.1 Å². The number of urea groups is 1. The Morgan fingerprint density at radius 2 is 2.18 bits per heavy atom. The van der Waals surface area contributed by atoms with E-state index in [1.807, 2.05) is 43.3 Å². The molecule has 0 saturated heterocycles. The highest BCUT2D eigenvalue weighted by molar-refractivity contribution is 7.16. The largest absolute Gasteiger partial charge is 0.493 e. The van der Waals surface area contributed by atoms with Crippen molar-refractivity contribution in [1.29, 1.82) is 0 Å². The van der Waals surface area contributed by atoms with Gasteiger partial charge in [0.05, 0.1) is 23.0 Å². The summed E-state index contributed by atoms with van der Waals surface area (Å²) in [5.41, 5.74) is 1.02. The third-order valence-electron chi connectivity index (χ3n) is 3.63. The number of thiophene rings is 1. The first-order valence-corrected chi connectivity index (χ1v) is 8.37. The molecule has 2 atom stereocenters. The molecule has 0 saturated carbocycles. The van der Waals surface area contributed by atoms with Gasteiger partial charge in [-0.1, -0.05) is 29.8 Å². The van der Waals surface area contributed by atoms with E-state index >= 15 is 0 Å². The lowest BCUT2D eigenvalue weighted by Gasteiger charge is -2.27. The van der Waals surface area contributed by atoms with Crippen molar-refractivity contribution in [2.75, 3.05) is 6.61 Å². The van der Waals surface area contributed by atoms with Gasteiger partial charge in [0.2, 0.25) is 0 Å². The van der Waals surface area contributed by atoms with E-state index in [9.17, 15) is 4.79 Å². The van der Waals surface area contributed by atoms with Crippen LogP contribution in [-0.4, -0.2) is 12.6 Å². The summed E-state index contributed by atoms with van der Waals surface area (Å²) in [6, 6.07) is 11.3. The molecule has 2 heterocycles. The van der Waals surface area contributed by atoms with Gasteiger partial charge in [-0.05, 0) is 25.1 Å². The zero-order valence-corrected chi connectivity index (χ0v) is 13.7. The van der Waals surface area contributed by atoms with Gasteiger partial charge in [0, 0.05) is 16.9 Å². The molecule has 22 heavy (non-hydrogen) atoms. The molecule has 2 N–H and O–H groups in total. The minimum absolute atomic E-state index is 0.0240. The molecule has 4 nitrogen and oxygen atoms in total. The first-order chi connectivity index (χ1) is 10.6. The average Bonchev–Trinajstić information content (AvgIpc) is 2.94. The van der Waals surface area contributed by atoms with Gasteiger partial charge in [0.1, 0.15) is 5.75 Å². The molecule has 2 aromatic rings. The number of benzene rings is 1. The number of rotatable bonds is 3. The summed E-state index contributed by atoms with van der Waals surface area (Å²) < 4.78 is 6.33. The number of nitrogens with one attached hydrogen (secondary N) is 2. The fourth-order valence-corrected chi connectivity index (χ4v) is 3.58. The van der Waals surface area contributed by atoms with Crippen LogP contribution in [0.4, 0.5) is 4.79 Å².